The maximum atomic E-state index is 11.9. The second-order valence-electron chi connectivity index (χ2n) is 5.14. The Morgan fingerprint density at radius 2 is 2.19 bits per heavy atom. The zero-order valence-corrected chi connectivity index (χ0v) is 9.91. The molecule has 3 N–H and O–H groups in total. The summed E-state index contributed by atoms with van der Waals surface area (Å²) in [5.74, 6) is 0.805. The van der Waals surface area contributed by atoms with Crippen molar-refractivity contribution in [1.82, 2.24) is 10.6 Å². The Morgan fingerprint density at radius 1 is 1.44 bits per heavy atom. The first-order chi connectivity index (χ1) is 7.69. The van der Waals surface area contributed by atoms with Crippen LogP contribution < -0.4 is 10.6 Å². The van der Waals surface area contributed by atoms with Gasteiger partial charge in [0.15, 0.2) is 0 Å². The molecule has 2 aliphatic rings. The van der Waals surface area contributed by atoms with Crippen LogP contribution in [0.2, 0.25) is 0 Å². The van der Waals surface area contributed by atoms with Crippen LogP contribution in [0.3, 0.4) is 0 Å². The zero-order valence-electron chi connectivity index (χ0n) is 9.91. The average molecular weight is 226 g/mol. The van der Waals surface area contributed by atoms with E-state index in [4.69, 9.17) is 5.11 Å². The van der Waals surface area contributed by atoms with Gasteiger partial charge in [0.05, 0.1) is 12.1 Å². The standard InChI is InChI=1S/C12H22N2O2/c1-2-8-3-4-13-11(5-8)12(16)14-9-6-10(15)7-9/h8-11,13,15H,2-7H2,1H3,(H,14,16). The van der Waals surface area contributed by atoms with Gasteiger partial charge in [-0.3, -0.25) is 4.79 Å². The first-order valence-corrected chi connectivity index (χ1v) is 6.40. The molecule has 2 atom stereocenters. The molecule has 0 aromatic carbocycles. The first-order valence-electron chi connectivity index (χ1n) is 6.40. The number of piperidine rings is 1. The predicted molar refractivity (Wildman–Crippen MR) is 62.0 cm³/mol. The predicted octanol–water partition coefficient (Wildman–Crippen LogP) is 0.404. The van der Waals surface area contributed by atoms with Crippen LogP contribution in [0.5, 0.6) is 0 Å². The fraction of sp³-hybridized carbons (Fsp3) is 0.917. The van der Waals surface area contributed by atoms with E-state index in [1.807, 2.05) is 0 Å². The van der Waals surface area contributed by atoms with Crippen LogP contribution in [0.25, 0.3) is 0 Å². The summed E-state index contributed by atoms with van der Waals surface area (Å²) >= 11 is 0. The van der Waals surface area contributed by atoms with Gasteiger partial charge >= 0.3 is 0 Å². The largest absolute Gasteiger partial charge is 0.393 e. The van der Waals surface area contributed by atoms with E-state index in [1.54, 1.807) is 0 Å². The van der Waals surface area contributed by atoms with Crippen molar-refractivity contribution in [3.05, 3.63) is 0 Å². The Morgan fingerprint density at radius 3 is 2.81 bits per heavy atom. The van der Waals surface area contributed by atoms with E-state index in [9.17, 15) is 4.79 Å². The number of rotatable bonds is 3. The van der Waals surface area contributed by atoms with Crippen LogP contribution in [-0.4, -0.2) is 35.7 Å². The number of carbonyl (C=O) groups excluding carboxylic acids is 1. The number of amides is 1. The van der Waals surface area contributed by atoms with Crippen molar-refractivity contribution < 1.29 is 9.90 Å². The molecule has 2 fully saturated rings. The summed E-state index contributed by atoms with van der Waals surface area (Å²) in [5, 5.41) is 15.4. The Bertz CT molecular complexity index is 251. The lowest BCUT2D eigenvalue weighted by Crippen LogP contribution is -2.54. The highest BCUT2D eigenvalue weighted by atomic mass is 16.3. The average Bonchev–Trinajstić information content (AvgIpc) is 2.27. The molecule has 1 saturated carbocycles. The molecule has 1 heterocycles. The molecule has 92 valence electrons. The van der Waals surface area contributed by atoms with Gasteiger partial charge in [-0.25, -0.2) is 0 Å². The number of aliphatic hydroxyl groups is 1. The van der Waals surface area contributed by atoms with Crippen LogP contribution in [0, 0.1) is 5.92 Å². The molecule has 0 radical (unpaired) electrons. The van der Waals surface area contributed by atoms with Crippen molar-refractivity contribution in [2.75, 3.05) is 6.54 Å². The van der Waals surface area contributed by atoms with Gasteiger partial charge in [0.1, 0.15) is 0 Å². The van der Waals surface area contributed by atoms with Crippen LogP contribution in [0.4, 0.5) is 0 Å². The third-order valence-corrected chi connectivity index (χ3v) is 3.87. The fourth-order valence-electron chi connectivity index (χ4n) is 2.57. The van der Waals surface area contributed by atoms with Gasteiger partial charge < -0.3 is 15.7 Å². The summed E-state index contributed by atoms with van der Waals surface area (Å²) in [6, 6.07) is 0.183. The highest BCUT2D eigenvalue weighted by Gasteiger charge is 2.32. The molecular weight excluding hydrogens is 204 g/mol. The van der Waals surface area contributed by atoms with Gasteiger partial charge in [0.25, 0.3) is 0 Å². The molecule has 4 heteroatoms. The quantitative estimate of drug-likeness (QED) is 0.653. The van der Waals surface area contributed by atoms with Crippen LogP contribution in [0.1, 0.15) is 39.0 Å². The Hall–Kier alpha value is -0.610. The number of carbonyl (C=O) groups is 1. The Kier molecular flexibility index (Phi) is 3.82. The highest BCUT2D eigenvalue weighted by molar-refractivity contribution is 5.82. The lowest BCUT2D eigenvalue weighted by atomic mass is 9.87. The zero-order chi connectivity index (χ0) is 11.5. The minimum Gasteiger partial charge on any atom is -0.393 e. The van der Waals surface area contributed by atoms with Gasteiger partial charge in [-0.05, 0) is 38.1 Å². The third-order valence-electron chi connectivity index (χ3n) is 3.87. The van der Waals surface area contributed by atoms with E-state index in [0.717, 1.165) is 32.2 Å². The van der Waals surface area contributed by atoms with Crippen LogP contribution in [-0.2, 0) is 4.79 Å². The van der Waals surface area contributed by atoms with Crippen molar-refractivity contribution in [3.8, 4) is 0 Å². The molecule has 0 aromatic heterocycles. The minimum absolute atomic E-state index is 0.0172. The summed E-state index contributed by atoms with van der Waals surface area (Å²) < 4.78 is 0. The van der Waals surface area contributed by atoms with Crippen molar-refractivity contribution in [3.63, 3.8) is 0 Å². The summed E-state index contributed by atoms with van der Waals surface area (Å²) in [6.45, 7) is 3.14. The smallest absolute Gasteiger partial charge is 0.237 e. The molecule has 2 rings (SSSR count). The van der Waals surface area contributed by atoms with E-state index >= 15 is 0 Å². The molecule has 0 spiro atoms. The molecule has 1 saturated heterocycles. The van der Waals surface area contributed by atoms with E-state index < -0.39 is 0 Å². The molecular formula is C12H22N2O2. The molecule has 1 aliphatic heterocycles. The van der Waals surface area contributed by atoms with E-state index in [0.29, 0.717) is 5.92 Å². The normalized spacial score (nSPS) is 38.9. The molecule has 1 aliphatic carbocycles. The molecule has 16 heavy (non-hydrogen) atoms. The van der Waals surface area contributed by atoms with Crippen molar-refractivity contribution in [1.29, 1.82) is 0 Å². The van der Waals surface area contributed by atoms with Gasteiger partial charge in [-0.2, -0.15) is 0 Å². The number of nitrogens with one attached hydrogen (secondary N) is 2. The maximum absolute atomic E-state index is 11.9. The fourth-order valence-corrected chi connectivity index (χ4v) is 2.57. The Labute approximate surface area is 96.8 Å². The minimum atomic E-state index is -0.201. The van der Waals surface area contributed by atoms with E-state index in [-0.39, 0.29) is 24.1 Å². The highest BCUT2D eigenvalue weighted by Crippen LogP contribution is 2.22. The molecule has 2 unspecified atom stereocenters. The van der Waals surface area contributed by atoms with Crippen LogP contribution in [0.15, 0.2) is 0 Å². The molecule has 0 bridgehead atoms. The maximum Gasteiger partial charge on any atom is 0.237 e. The van der Waals surface area contributed by atoms with Crippen molar-refractivity contribution in [2.45, 2.75) is 57.2 Å². The topological polar surface area (TPSA) is 61.4 Å². The van der Waals surface area contributed by atoms with E-state index in [2.05, 4.69) is 17.6 Å². The monoisotopic (exact) mass is 226 g/mol. The van der Waals surface area contributed by atoms with Gasteiger partial charge in [-0.1, -0.05) is 13.3 Å². The number of hydrogen-bond donors (Lipinski definition) is 3. The van der Waals surface area contributed by atoms with Crippen molar-refractivity contribution in [2.24, 2.45) is 5.92 Å². The summed E-state index contributed by atoms with van der Waals surface area (Å²) in [7, 11) is 0. The summed E-state index contributed by atoms with van der Waals surface area (Å²) in [5.41, 5.74) is 0. The van der Waals surface area contributed by atoms with Gasteiger partial charge in [0.2, 0.25) is 5.91 Å². The van der Waals surface area contributed by atoms with Gasteiger partial charge in [-0.15, -0.1) is 0 Å². The number of hydrogen-bond acceptors (Lipinski definition) is 3. The Balaban J connectivity index is 1.75. The summed E-state index contributed by atoms with van der Waals surface area (Å²) in [6.07, 6.45) is 4.53. The second-order valence-corrected chi connectivity index (χ2v) is 5.14. The molecule has 1 amide bonds. The van der Waals surface area contributed by atoms with E-state index in [1.165, 1.54) is 6.42 Å². The summed E-state index contributed by atoms with van der Waals surface area (Å²) in [4.78, 5) is 11.9. The number of aliphatic hydroxyl groups excluding tert-OH is 1. The van der Waals surface area contributed by atoms with Crippen LogP contribution >= 0.6 is 0 Å². The molecule has 4 nitrogen and oxygen atoms in total. The second kappa shape index (κ2) is 5.15. The SMILES string of the molecule is CCC1CCNC(C(=O)NC2CC(O)C2)C1. The third kappa shape index (κ3) is 2.74. The first kappa shape index (κ1) is 11.9. The van der Waals surface area contributed by atoms with Gasteiger partial charge in [0, 0.05) is 6.04 Å². The lowest BCUT2D eigenvalue weighted by Gasteiger charge is -2.35. The van der Waals surface area contributed by atoms with Crippen molar-refractivity contribution >= 4 is 5.91 Å². The lowest BCUT2D eigenvalue weighted by molar-refractivity contribution is -0.126. The molecule has 0 aromatic rings.